The van der Waals surface area contributed by atoms with Gasteiger partial charge in [-0.05, 0) is 40.3 Å². The molecule has 172 valence electrons. The van der Waals surface area contributed by atoms with Crippen molar-refractivity contribution in [3.05, 3.63) is 40.3 Å². The molecule has 2 aromatic rings. The number of nitrogens with zero attached hydrogens (tertiary/aromatic N) is 4. The normalized spacial score (nSPS) is 10.6. The molecule has 0 saturated carbocycles. The van der Waals surface area contributed by atoms with Gasteiger partial charge < -0.3 is 31.3 Å². The molecule has 9 nitrogen and oxygen atoms in total. The zero-order chi connectivity index (χ0) is 23.4. The number of carbonyl (C=O) groups excluding carboxylic acids is 1. The number of anilines is 1. The zero-order valence-corrected chi connectivity index (χ0v) is 19.9. The standard InChI is InChI=1S/C16H19Cl2N5O2.C4H12N2/c1-23(2)6-5-20-13(24)7-10-8-14(22-9-21-10)25-12-4-3-11(19)15(17)16(12)18;1-6(2)4-3-5/h3-4,8-9H,5-7,19H2,1-2H3,(H,20,24);3-5H2,1-2H3. The van der Waals surface area contributed by atoms with E-state index >= 15 is 0 Å². The predicted molar refractivity (Wildman–Crippen MR) is 126 cm³/mol. The Labute approximate surface area is 193 Å². The first-order chi connectivity index (χ1) is 14.6. The van der Waals surface area contributed by atoms with E-state index < -0.39 is 0 Å². The zero-order valence-electron chi connectivity index (χ0n) is 18.4. The van der Waals surface area contributed by atoms with E-state index in [9.17, 15) is 4.79 Å². The van der Waals surface area contributed by atoms with Gasteiger partial charge in [0.25, 0.3) is 0 Å². The highest BCUT2D eigenvalue weighted by molar-refractivity contribution is 6.44. The minimum Gasteiger partial charge on any atom is -0.437 e. The predicted octanol–water partition coefficient (Wildman–Crippen LogP) is 1.88. The number of hydrogen-bond acceptors (Lipinski definition) is 8. The maximum Gasteiger partial charge on any atom is 0.226 e. The van der Waals surface area contributed by atoms with E-state index in [0.29, 0.717) is 23.7 Å². The lowest BCUT2D eigenvalue weighted by atomic mass is 10.2. The summed E-state index contributed by atoms with van der Waals surface area (Å²) in [5, 5.41) is 3.23. The molecule has 1 aromatic carbocycles. The third kappa shape index (κ3) is 10.6. The molecule has 11 heteroatoms. The highest BCUT2D eigenvalue weighted by Crippen LogP contribution is 2.37. The number of nitrogen functional groups attached to an aromatic ring is 1. The number of hydrogen-bond donors (Lipinski definition) is 3. The maximum absolute atomic E-state index is 11.9. The Morgan fingerprint density at radius 3 is 2.35 bits per heavy atom. The number of aromatic nitrogens is 2. The second-order valence-corrected chi connectivity index (χ2v) is 7.91. The molecule has 0 aliphatic heterocycles. The van der Waals surface area contributed by atoms with Crippen LogP contribution in [-0.2, 0) is 11.2 Å². The average Bonchev–Trinajstić information content (AvgIpc) is 2.69. The van der Waals surface area contributed by atoms with Gasteiger partial charge in [0.05, 0.1) is 22.8 Å². The quantitative estimate of drug-likeness (QED) is 0.473. The van der Waals surface area contributed by atoms with Crippen LogP contribution in [0.25, 0.3) is 0 Å². The molecular formula is C20H31Cl2N7O2. The Hall–Kier alpha value is -2.17. The number of likely N-dealkylation sites (N-methyl/N-ethyl adjacent to an activating group) is 2. The molecule has 2 rings (SSSR count). The van der Waals surface area contributed by atoms with Gasteiger partial charge in [-0.15, -0.1) is 0 Å². The number of amides is 1. The minimum atomic E-state index is -0.125. The van der Waals surface area contributed by atoms with Crippen LogP contribution in [0, 0.1) is 0 Å². The Morgan fingerprint density at radius 1 is 1.10 bits per heavy atom. The first-order valence-electron chi connectivity index (χ1n) is 9.62. The average molecular weight is 472 g/mol. The largest absolute Gasteiger partial charge is 0.437 e. The summed E-state index contributed by atoms with van der Waals surface area (Å²) in [5.41, 5.74) is 11.8. The molecule has 0 radical (unpaired) electrons. The van der Waals surface area contributed by atoms with Crippen molar-refractivity contribution in [2.75, 3.05) is 60.1 Å². The maximum atomic E-state index is 11.9. The fraction of sp³-hybridized carbons (Fsp3) is 0.450. The third-order valence-electron chi connectivity index (χ3n) is 3.79. The van der Waals surface area contributed by atoms with Crippen molar-refractivity contribution in [2.24, 2.45) is 5.73 Å². The van der Waals surface area contributed by atoms with Crippen LogP contribution in [0.3, 0.4) is 0 Å². The molecule has 0 aliphatic rings. The molecular weight excluding hydrogens is 441 g/mol. The Morgan fingerprint density at radius 2 is 1.77 bits per heavy atom. The molecule has 0 unspecified atom stereocenters. The molecule has 1 heterocycles. The van der Waals surface area contributed by atoms with Gasteiger partial charge >= 0.3 is 0 Å². The topological polar surface area (TPSA) is 123 Å². The molecule has 0 aliphatic carbocycles. The van der Waals surface area contributed by atoms with Crippen molar-refractivity contribution in [1.82, 2.24) is 25.1 Å². The second kappa shape index (κ2) is 14.0. The van der Waals surface area contributed by atoms with Crippen LogP contribution in [0.2, 0.25) is 10.0 Å². The summed E-state index contributed by atoms with van der Waals surface area (Å²) in [6.45, 7) is 3.08. The Bertz CT molecular complexity index is 835. The van der Waals surface area contributed by atoms with Gasteiger partial charge in [0.2, 0.25) is 11.8 Å². The van der Waals surface area contributed by atoms with E-state index in [2.05, 4.69) is 20.2 Å². The SMILES string of the molecule is CN(C)CCN.CN(C)CCNC(=O)Cc1cc(Oc2ccc(N)c(Cl)c2Cl)ncn1. The number of nitrogens with two attached hydrogens (primary N) is 2. The first-order valence-corrected chi connectivity index (χ1v) is 10.4. The van der Waals surface area contributed by atoms with E-state index in [4.69, 9.17) is 39.4 Å². The summed E-state index contributed by atoms with van der Waals surface area (Å²) in [4.78, 5) is 24.0. The summed E-state index contributed by atoms with van der Waals surface area (Å²) < 4.78 is 5.62. The molecule has 0 spiro atoms. The van der Waals surface area contributed by atoms with Crippen molar-refractivity contribution in [2.45, 2.75) is 6.42 Å². The smallest absolute Gasteiger partial charge is 0.226 e. The lowest BCUT2D eigenvalue weighted by Gasteiger charge is -2.11. The van der Waals surface area contributed by atoms with Crippen molar-refractivity contribution < 1.29 is 9.53 Å². The van der Waals surface area contributed by atoms with E-state index in [1.165, 1.54) is 6.33 Å². The molecule has 31 heavy (non-hydrogen) atoms. The second-order valence-electron chi connectivity index (χ2n) is 7.15. The summed E-state index contributed by atoms with van der Waals surface area (Å²) in [6.07, 6.45) is 1.45. The van der Waals surface area contributed by atoms with E-state index in [1.807, 2.05) is 33.1 Å². The van der Waals surface area contributed by atoms with Crippen LogP contribution in [0.1, 0.15) is 5.69 Å². The van der Waals surface area contributed by atoms with Crippen LogP contribution in [0.5, 0.6) is 11.6 Å². The summed E-state index contributed by atoms with van der Waals surface area (Å²) in [5.74, 6) is 0.454. The number of ether oxygens (including phenoxy) is 1. The number of benzene rings is 1. The van der Waals surface area contributed by atoms with Gasteiger partial charge in [0.15, 0.2) is 0 Å². The summed E-state index contributed by atoms with van der Waals surface area (Å²) in [7, 11) is 7.89. The number of nitrogens with one attached hydrogen (secondary N) is 1. The number of halogens is 2. The van der Waals surface area contributed by atoms with Gasteiger partial charge in [-0.25, -0.2) is 9.97 Å². The molecule has 0 atom stereocenters. The van der Waals surface area contributed by atoms with E-state index in [-0.39, 0.29) is 28.3 Å². The molecule has 1 amide bonds. The van der Waals surface area contributed by atoms with Gasteiger partial charge in [-0.1, -0.05) is 23.2 Å². The van der Waals surface area contributed by atoms with Crippen LogP contribution in [0.4, 0.5) is 5.69 Å². The first kappa shape index (κ1) is 26.9. The summed E-state index contributed by atoms with van der Waals surface area (Å²) in [6, 6.07) is 4.76. The molecule has 0 saturated heterocycles. The van der Waals surface area contributed by atoms with Crippen LogP contribution < -0.4 is 21.5 Å². The van der Waals surface area contributed by atoms with Crippen molar-refractivity contribution in [3.63, 3.8) is 0 Å². The Balaban J connectivity index is 0.000000703. The Kier molecular flexibility index (Phi) is 12.1. The van der Waals surface area contributed by atoms with E-state index in [1.54, 1.807) is 18.2 Å². The molecule has 1 aromatic heterocycles. The molecule has 5 N–H and O–H groups in total. The van der Waals surface area contributed by atoms with E-state index in [0.717, 1.165) is 19.6 Å². The van der Waals surface area contributed by atoms with Gasteiger partial charge in [-0.3, -0.25) is 4.79 Å². The van der Waals surface area contributed by atoms with Crippen LogP contribution in [0.15, 0.2) is 24.5 Å². The minimum absolute atomic E-state index is 0.125. The fourth-order valence-electron chi connectivity index (χ4n) is 2.17. The molecule has 0 bridgehead atoms. The summed E-state index contributed by atoms with van der Waals surface area (Å²) >= 11 is 12.1. The molecule has 0 fully saturated rings. The monoisotopic (exact) mass is 471 g/mol. The van der Waals surface area contributed by atoms with Crippen molar-refractivity contribution in [3.8, 4) is 11.6 Å². The van der Waals surface area contributed by atoms with Crippen LogP contribution in [-0.4, -0.2) is 80.0 Å². The highest BCUT2D eigenvalue weighted by atomic mass is 35.5. The lowest BCUT2D eigenvalue weighted by Crippen LogP contribution is -2.32. The van der Waals surface area contributed by atoms with Crippen molar-refractivity contribution in [1.29, 1.82) is 0 Å². The van der Waals surface area contributed by atoms with Gasteiger partial charge in [-0.2, -0.15) is 0 Å². The number of rotatable bonds is 9. The fourth-order valence-corrected chi connectivity index (χ4v) is 2.54. The van der Waals surface area contributed by atoms with Crippen molar-refractivity contribution >= 4 is 34.8 Å². The van der Waals surface area contributed by atoms with Gasteiger partial charge in [0, 0.05) is 32.2 Å². The van der Waals surface area contributed by atoms with Gasteiger partial charge in [0.1, 0.15) is 17.1 Å². The van der Waals surface area contributed by atoms with Crippen LogP contribution >= 0.6 is 23.2 Å². The lowest BCUT2D eigenvalue weighted by molar-refractivity contribution is -0.120. The third-order valence-corrected chi connectivity index (χ3v) is 4.67. The highest BCUT2D eigenvalue weighted by Gasteiger charge is 2.12. The number of carbonyl (C=O) groups is 1.